The second kappa shape index (κ2) is 9.71. The Bertz CT molecular complexity index is 3410. The van der Waals surface area contributed by atoms with Crippen LogP contribution in [-0.4, -0.2) is 0 Å². The highest BCUT2D eigenvalue weighted by Gasteiger charge is 2.32. The summed E-state index contributed by atoms with van der Waals surface area (Å²) in [5.74, 6) is -0.445. The Labute approximate surface area is 306 Å². The van der Waals surface area contributed by atoms with E-state index in [1.807, 2.05) is 24.3 Å². The molecular formula is C50H24F2S. The molecule has 0 N–H and O–H groups in total. The van der Waals surface area contributed by atoms with Gasteiger partial charge in [0.15, 0.2) is 0 Å². The zero-order valence-electron chi connectivity index (χ0n) is 28.0. The topological polar surface area (TPSA) is 0 Å². The van der Waals surface area contributed by atoms with Crippen molar-refractivity contribution in [3.05, 3.63) is 157 Å². The lowest BCUT2D eigenvalue weighted by Crippen LogP contribution is -1.91. The van der Waals surface area contributed by atoms with Gasteiger partial charge < -0.3 is 0 Å². The first kappa shape index (κ1) is 28.2. The van der Waals surface area contributed by atoms with Gasteiger partial charge in [-0.15, -0.1) is 11.3 Å². The highest BCUT2D eigenvalue weighted by atomic mass is 32.1. The molecule has 0 aliphatic heterocycles. The molecule has 0 amide bonds. The summed E-state index contributed by atoms with van der Waals surface area (Å²) in [7, 11) is 0. The number of benzene rings is 10. The first-order valence-electron chi connectivity index (χ1n) is 18.0. The summed E-state index contributed by atoms with van der Waals surface area (Å²) in [5.41, 5.74) is 12.0. The quantitative estimate of drug-likeness (QED) is 0.125. The van der Waals surface area contributed by atoms with E-state index in [1.165, 1.54) is 108 Å². The normalized spacial score (nSPS) is 12.7. The molecular weight excluding hydrogens is 671 g/mol. The van der Waals surface area contributed by atoms with Crippen molar-refractivity contribution in [3.63, 3.8) is 0 Å². The smallest absolute Gasteiger partial charge is 0.123 e. The molecule has 10 aromatic carbocycles. The van der Waals surface area contributed by atoms with Gasteiger partial charge in [0.2, 0.25) is 0 Å². The SMILES string of the molecule is Fc1ccc(-c2cc3c(s2)-c2ccc4c5c2c-3ccc5c2ccc3c5c(c6ccccc6c4c52)-c2cc(-c4ccc(F)cc4)c4ccccc4c2-3)cc1. The van der Waals surface area contributed by atoms with Gasteiger partial charge in [-0.05, 0) is 146 Å². The van der Waals surface area contributed by atoms with E-state index in [9.17, 15) is 8.78 Å². The van der Waals surface area contributed by atoms with Crippen LogP contribution in [-0.2, 0) is 0 Å². The van der Waals surface area contributed by atoms with Crippen molar-refractivity contribution >= 4 is 76.0 Å². The maximum atomic E-state index is 14.1. The lowest BCUT2D eigenvalue weighted by Gasteiger charge is -2.19. The molecule has 2 aliphatic carbocycles. The van der Waals surface area contributed by atoms with Crippen molar-refractivity contribution < 1.29 is 8.78 Å². The van der Waals surface area contributed by atoms with Crippen molar-refractivity contribution in [3.8, 4) is 65.4 Å². The Morgan fingerprint density at radius 2 is 0.887 bits per heavy atom. The zero-order valence-corrected chi connectivity index (χ0v) is 28.8. The van der Waals surface area contributed by atoms with Crippen LogP contribution < -0.4 is 0 Å². The molecule has 0 saturated heterocycles. The van der Waals surface area contributed by atoms with Crippen LogP contribution in [0.25, 0.3) is 130 Å². The third-order valence-electron chi connectivity index (χ3n) is 12.0. The summed E-state index contributed by atoms with van der Waals surface area (Å²) in [6.07, 6.45) is 0. The van der Waals surface area contributed by atoms with E-state index in [-0.39, 0.29) is 11.6 Å². The molecule has 1 aromatic heterocycles. The highest BCUT2D eigenvalue weighted by Crippen LogP contribution is 2.60. The van der Waals surface area contributed by atoms with Crippen molar-refractivity contribution in [1.82, 2.24) is 0 Å². The van der Waals surface area contributed by atoms with E-state index in [4.69, 9.17) is 0 Å². The van der Waals surface area contributed by atoms with Gasteiger partial charge >= 0.3 is 0 Å². The van der Waals surface area contributed by atoms with Crippen LogP contribution in [0, 0.1) is 11.6 Å². The minimum Gasteiger partial charge on any atom is -0.207 e. The Kier molecular flexibility index (Phi) is 5.17. The second-order valence-corrected chi connectivity index (χ2v) is 15.6. The Morgan fingerprint density at radius 3 is 1.64 bits per heavy atom. The molecule has 0 saturated carbocycles. The molecule has 0 unspecified atom stereocenters. The molecule has 2 aliphatic rings. The van der Waals surface area contributed by atoms with Gasteiger partial charge in [0.05, 0.1) is 0 Å². The molecule has 0 nitrogen and oxygen atoms in total. The van der Waals surface area contributed by atoms with Gasteiger partial charge in [-0.3, -0.25) is 0 Å². The molecule has 3 heteroatoms. The summed E-state index contributed by atoms with van der Waals surface area (Å²) in [4.78, 5) is 2.44. The molecule has 53 heavy (non-hydrogen) atoms. The number of rotatable bonds is 2. The summed E-state index contributed by atoms with van der Waals surface area (Å²) in [5, 5.41) is 15.3. The van der Waals surface area contributed by atoms with Crippen molar-refractivity contribution in [1.29, 1.82) is 0 Å². The van der Waals surface area contributed by atoms with E-state index in [0.717, 1.165) is 21.6 Å². The van der Waals surface area contributed by atoms with Crippen LogP contribution in [0.1, 0.15) is 0 Å². The van der Waals surface area contributed by atoms with Crippen LogP contribution in [0.5, 0.6) is 0 Å². The maximum absolute atomic E-state index is 14.1. The van der Waals surface area contributed by atoms with Crippen LogP contribution in [0.4, 0.5) is 8.78 Å². The Hall–Kier alpha value is -6.42. The van der Waals surface area contributed by atoms with E-state index in [2.05, 4.69) is 97.1 Å². The van der Waals surface area contributed by atoms with Crippen LogP contribution in [0.2, 0.25) is 0 Å². The lowest BCUT2D eigenvalue weighted by molar-refractivity contribution is 0.627. The molecule has 1 heterocycles. The monoisotopic (exact) mass is 694 g/mol. The fraction of sp³-hybridized carbons (Fsp3) is 0. The lowest BCUT2D eigenvalue weighted by atomic mass is 9.83. The molecule has 11 aromatic rings. The van der Waals surface area contributed by atoms with Crippen LogP contribution in [0.15, 0.2) is 146 Å². The molecule has 0 radical (unpaired) electrons. The molecule has 244 valence electrons. The van der Waals surface area contributed by atoms with Gasteiger partial charge in [0.1, 0.15) is 11.6 Å². The number of hydrogen-bond acceptors (Lipinski definition) is 1. The van der Waals surface area contributed by atoms with E-state index < -0.39 is 0 Å². The number of thiophene rings is 1. The van der Waals surface area contributed by atoms with Gasteiger partial charge in [0, 0.05) is 20.9 Å². The van der Waals surface area contributed by atoms with Gasteiger partial charge in [0.25, 0.3) is 0 Å². The van der Waals surface area contributed by atoms with Crippen LogP contribution in [0.3, 0.4) is 0 Å². The fourth-order valence-electron chi connectivity index (χ4n) is 9.92. The summed E-state index contributed by atoms with van der Waals surface area (Å²) >= 11 is 1.80. The van der Waals surface area contributed by atoms with Gasteiger partial charge in [-0.25, -0.2) is 8.78 Å². The minimum absolute atomic E-state index is 0.216. The van der Waals surface area contributed by atoms with E-state index in [1.54, 1.807) is 35.6 Å². The Morgan fingerprint density at radius 1 is 0.321 bits per heavy atom. The second-order valence-electron chi connectivity index (χ2n) is 14.5. The van der Waals surface area contributed by atoms with Gasteiger partial charge in [-0.1, -0.05) is 109 Å². The molecule has 13 rings (SSSR count). The molecule has 0 atom stereocenters. The predicted octanol–water partition coefficient (Wildman–Crippen LogP) is 15.0. The molecule has 0 bridgehead atoms. The predicted molar refractivity (Wildman–Crippen MR) is 220 cm³/mol. The highest BCUT2D eigenvalue weighted by molar-refractivity contribution is 7.19. The van der Waals surface area contributed by atoms with Gasteiger partial charge in [-0.2, -0.15) is 0 Å². The van der Waals surface area contributed by atoms with Crippen molar-refractivity contribution in [2.75, 3.05) is 0 Å². The minimum atomic E-state index is -0.229. The maximum Gasteiger partial charge on any atom is 0.123 e. The number of fused-ring (bicyclic) bond motifs is 13. The summed E-state index contributed by atoms with van der Waals surface area (Å²) < 4.78 is 27.9. The average Bonchev–Trinajstić information content (AvgIpc) is 3.87. The van der Waals surface area contributed by atoms with Crippen molar-refractivity contribution in [2.45, 2.75) is 0 Å². The third kappa shape index (κ3) is 3.44. The van der Waals surface area contributed by atoms with E-state index >= 15 is 0 Å². The largest absolute Gasteiger partial charge is 0.207 e. The first-order valence-corrected chi connectivity index (χ1v) is 18.8. The zero-order chi connectivity index (χ0) is 34.7. The average molecular weight is 695 g/mol. The fourth-order valence-corrected chi connectivity index (χ4v) is 11.1. The molecule has 0 spiro atoms. The molecule has 0 fully saturated rings. The Balaban J connectivity index is 1.15. The van der Waals surface area contributed by atoms with Crippen LogP contribution >= 0.6 is 11.3 Å². The number of halogens is 2. The summed E-state index contributed by atoms with van der Waals surface area (Å²) in [6, 6.07) is 50.1. The first-order chi connectivity index (χ1) is 26.1. The standard InChI is InChI=1S/C50H24F2S/c51-27-13-9-25(10-14-27)39-23-41-43(30-6-2-1-5-29(30)39)36-20-19-34-33-17-18-35-40-24-42(26-11-15-28(52)16-12-26)53-50(40)38-22-21-37(44(33)46(35)38)45-31-7-3-4-8-32(31)47(41)49(36)48(34)45/h1-24H. The third-order valence-corrected chi connectivity index (χ3v) is 13.2. The van der Waals surface area contributed by atoms with Crippen molar-refractivity contribution in [2.24, 2.45) is 0 Å². The summed E-state index contributed by atoms with van der Waals surface area (Å²) in [6.45, 7) is 0. The van der Waals surface area contributed by atoms with E-state index in [0.29, 0.717) is 0 Å². The number of hydrogen-bond donors (Lipinski definition) is 0.